The molecule has 2 aromatic carbocycles. The van der Waals surface area contributed by atoms with E-state index in [0.717, 1.165) is 41.3 Å². The predicted octanol–water partition coefficient (Wildman–Crippen LogP) is 4.36. The van der Waals surface area contributed by atoms with Gasteiger partial charge in [0.2, 0.25) is 0 Å². The Bertz CT molecular complexity index is 928. The second kappa shape index (κ2) is 7.08. The Morgan fingerprint density at radius 3 is 2.73 bits per heavy atom. The van der Waals surface area contributed by atoms with Crippen LogP contribution in [-0.2, 0) is 13.5 Å². The van der Waals surface area contributed by atoms with Crippen LogP contribution in [0.1, 0.15) is 23.4 Å². The highest BCUT2D eigenvalue weighted by Crippen LogP contribution is 2.37. The van der Waals surface area contributed by atoms with E-state index in [2.05, 4.69) is 35.3 Å². The fraction of sp³-hybridized carbons (Fsp3) is 0.227. The molecule has 0 fully saturated rings. The number of aryl methyl sites for hydroxylation is 2. The summed E-state index contributed by atoms with van der Waals surface area (Å²) < 4.78 is 13.8. The van der Waals surface area contributed by atoms with Crippen molar-refractivity contribution in [3.05, 3.63) is 77.9 Å². The molecule has 4 rings (SSSR count). The van der Waals surface area contributed by atoms with E-state index in [1.54, 1.807) is 7.11 Å². The first-order valence-corrected chi connectivity index (χ1v) is 8.82. The summed E-state index contributed by atoms with van der Waals surface area (Å²) in [6.45, 7) is 0. The van der Waals surface area contributed by atoms with Crippen LogP contribution in [0.4, 0.5) is 0 Å². The summed E-state index contributed by atoms with van der Waals surface area (Å²) in [7, 11) is 3.69. The summed E-state index contributed by atoms with van der Waals surface area (Å²) in [6.07, 6.45) is 7.79. The van der Waals surface area contributed by atoms with Gasteiger partial charge in [-0.1, -0.05) is 30.3 Å². The van der Waals surface area contributed by atoms with Crippen molar-refractivity contribution < 1.29 is 9.47 Å². The van der Waals surface area contributed by atoms with Gasteiger partial charge in [-0.3, -0.25) is 0 Å². The van der Waals surface area contributed by atoms with Crippen LogP contribution >= 0.6 is 0 Å². The Morgan fingerprint density at radius 1 is 1.15 bits per heavy atom. The van der Waals surface area contributed by atoms with Gasteiger partial charge in [-0.2, -0.15) is 0 Å². The maximum Gasteiger partial charge on any atom is 0.139 e. The summed E-state index contributed by atoms with van der Waals surface area (Å²) in [5.41, 5.74) is 3.45. The number of methoxy groups -OCH3 is 1. The van der Waals surface area contributed by atoms with Gasteiger partial charge in [-0.05, 0) is 42.7 Å². The molecule has 1 atom stereocenters. The van der Waals surface area contributed by atoms with E-state index in [0.29, 0.717) is 0 Å². The lowest BCUT2D eigenvalue weighted by atomic mass is 9.96. The molecule has 0 aliphatic carbocycles. The highest BCUT2D eigenvalue weighted by molar-refractivity contribution is 5.85. The Labute approximate surface area is 153 Å². The summed E-state index contributed by atoms with van der Waals surface area (Å²) in [5, 5.41) is 0. The number of ether oxygens (including phenoxy) is 2. The van der Waals surface area contributed by atoms with E-state index in [4.69, 9.17) is 9.47 Å². The molecule has 4 heteroatoms. The molecule has 3 aromatic rings. The van der Waals surface area contributed by atoms with Gasteiger partial charge in [0.1, 0.15) is 23.4 Å². The molecule has 26 heavy (non-hydrogen) atoms. The van der Waals surface area contributed by atoms with Crippen LogP contribution in [0.15, 0.2) is 60.9 Å². The average Bonchev–Trinajstić information content (AvgIpc) is 3.11. The molecule has 1 aliphatic rings. The molecule has 132 valence electrons. The highest BCUT2D eigenvalue weighted by Gasteiger charge is 2.26. The van der Waals surface area contributed by atoms with Gasteiger partial charge < -0.3 is 14.0 Å². The molecule has 2 heterocycles. The maximum absolute atomic E-state index is 6.37. The highest BCUT2D eigenvalue weighted by atomic mass is 16.5. The Hall–Kier alpha value is -3.01. The largest absolute Gasteiger partial charge is 0.497 e. The van der Waals surface area contributed by atoms with Crippen LogP contribution in [0.5, 0.6) is 11.5 Å². The first-order chi connectivity index (χ1) is 12.7. The fourth-order valence-electron chi connectivity index (χ4n) is 3.36. The molecular weight excluding hydrogens is 324 g/mol. The molecular formula is C22H22N2O2. The zero-order valence-corrected chi connectivity index (χ0v) is 15.1. The van der Waals surface area contributed by atoms with Crippen molar-refractivity contribution in [3.63, 3.8) is 0 Å². The molecule has 0 radical (unpaired) electrons. The standard InChI is InChI=1S/C22H22N2O2/c1-24-13-12-23-22(24)19-15-17-14-18(25-2)9-11-20(17)26-21(19)10-8-16-6-4-3-5-7-16/h3-7,9,11-15,21H,8,10H2,1-2H3. The SMILES string of the molecule is COc1ccc2c(c1)C=C(c1nccn1C)C(CCc1ccccc1)O2. The molecule has 0 amide bonds. The van der Waals surface area contributed by atoms with Crippen molar-refractivity contribution in [1.82, 2.24) is 9.55 Å². The minimum Gasteiger partial charge on any atom is -0.497 e. The molecule has 1 unspecified atom stereocenters. The number of benzene rings is 2. The first kappa shape index (κ1) is 16.5. The first-order valence-electron chi connectivity index (χ1n) is 8.82. The number of imidazole rings is 1. The zero-order valence-electron chi connectivity index (χ0n) is 15.1. The molecule has 0 saturated carbocycles. The third kappa shape index (κ3) is 3.23. The van der Waals surface area contributed by atoms with Crippen LogP contribution in [-0.4, -0.2) is 22.8 Å². The van der Waals surface area contributed by atoms with Crippen molar-refractivity contribution in [2.24, 2.45) is 7.05 Å². The summed E-state index contributed by atoms with van der Waals surface area (Å²) in [5.74, 6) is 2.66. The number of fused-ring (bicyclic) bond motifs is 1. The van der Waals surface area contributed by atoms with Gasteiger partial charge in [-0.15, -0.1) is 0 Å². The third-order valence-corrected chi connectivity index (χ3v) is 4.76. The minimum absolute atomic E-state index is 0.0304. The minimum atomic E-state index is -0.0304. The monoisotopic (exact) mass is 346 g/mol. The Morgan fingerprint density at radius 2 is 2.00 bits per heavy atom. The summed E-state index contributed by atoms with van der Waals surface area (Å²) in [6, 6.07) is 16.4. The number of aromatic nitrogens is 2. The van der Waals surface area contributed by atoms with Gasteiger partial charge >= 0.3 is 0 Å². The molecule has 4 nitrogen and oxygen atoms in total. The maximum atomic E-state index is 6.37. The third-order valence-electron chi connectivity index (χ3n) is 4.76. The summed E-state index contributed by atoms with van der Waals surface area (Å²) >= 11 is 0. The smallest absolute Gasteiger partial charge is 0.139 e. The number of rotatable bonds is 5. The molecule has 1 aliphatic heterocycles. The normalized spacial score (nSPS) is 15.8. The van der Waals surface area contributed by atoms with E-state index in [1.807, 2.05) is 48.3 Å². The molecule has 1 aromatic heterocycles. The zero-order chi connectivity index (χ0) is 17.9. The second-order valence-electron chi connectivity index (χ2n) is 6.50. The van der Waals surface area contributed by atoms with Crippen molar-refractivity contribution in [3.8, 4) is 11.5 Å². The van der Waals surface area contributed by atoms with Crippen molar-refractivity contribution in [1.29, 1.82) is 0 Å². The lowest BCUT2D eigenvalue weighted by Gasteiger charge is -2.27. The van der Waals surface area contributed by atoms with E-state index >= 15 is 0 Å². The van der Waals surface area contributed by atoms with E-state index in [1.165, 1.54) is 5.56 Å². The van der Waals surface area contributed by atoms with Gasteiger partial charge in [-0.25, -0.2) is 4.98 Å². The van der Waals surface area contributed by atoms with Crippen molar-refractivity contribution in [2.75, 3.05) is 7.11 Å². The van der Waals surface area contributed by atoms with Crippen LogP contribution in [0.25, 0.3) is 11.6 Å². The molecule has 0 bridgehead atoms. The Balaban J connectivity index is 1.67. The Kier molecular flexibility index (Phi) is 4.48. The topological polar surface area (TPSA) is 36.3 Å². The van der Waals surface area contributed by atoms with Gasteiger partial charge in [0.05, 0.1) is 7.11 Å². The molecule has 0 spiro atoms. The second-order valence-corrected chi connectivity index (χ2v) is 6.50. The fourth-order valence-corrected chi connectivity index (χ4v) is 3.36. The van der Waals surface area contributed by atoms with E-state index in [-0.39, 0.29) is 6.10 Å². The lowest BCUT2D eigenvalue weighted by molar-refractivity contribution is 0.243. The van der Waals surface area contributed by atoms with E-state index in [9.17, 15) is 0 Å². The number of hydrogen-bond acceptors (Lipinski definition) is 3. The summed E-state index contributed by atoms with van der Waals surface area (Å²) in [4.78, 5) is 4.54. The van der Waals surface area contributed by atoms with Crippen LogP contribution in [0.2, 0.25) is 0 Å². The van der Waals surface area contributed by atoms with Crippen molar-refractivity contribution >= 4 is 11.6 Å². The number of nitrogens with zero attached hydrogens (tertiary/aromatic N) is 2. The quantitative estimate of drug-likeness (QED) is 0.688. The van der Waals surface area contributed by atoms with Gasteiger partial charge in [0.25, 0.3) is 0 Å². The van der Waals surface area contributed by atoms with Crippen LogP contribution in [0, 0.1) is 0 Å². The average molecular weight is 346 g/mol. The van der Waals surface area contributed by atoms with Crippen molar-refractivity contribution in [2.45, 2.75) is 18.9 Å². The van der Waals surface area contributed by atoms with Gasteiger partial charge in [0.15, 0.2) is 0 Å². The number of hydrogen-bond donors (Lipinski definition) is 0. The lowest BCUT2D eigenvalue weighted by Crippen LogP contribution is -2.24. The predicted molar refractivity (Wildman–Crippen MR) is 103 cm³/mol. The van der Waals surface area contributed by atoms with Gasteiger partial charge in [0, 0.05) is 30.6 Å². The van der Waals surface area contributed by atoms with Crippen LogP contribution < -0.4 is 9.47 Å². The molecule has 0 N–H and O–H groups in total. The van der Waals surface area contributed by atoms with Crippen LogP contribution in [0.3, 0.4) is 0 Å². The molecule has 0 saturated heterocycles. The van der Waals surface area contributed by atoms with E-state index < -0.39 is 0 Å².